The minimum atomic E-state index is -1.45. The van der Waals surface area contributed by atoms with Crippen LogP contribution < -0.4 is 0 Å². The number of aliphatic hydroxyl groups excluding tert-OH is 1. The summed E-state index contributed by atoms with van der Waals surface area (Å²) in [7, 11) is 0. The van der Waals surface area contributed by atoms with Gasteiger partial charge < -0.3 is 14.9 Å². The van der Waals surface area contributed by atoms with E-state index in [-0.39, 0.29) is 44.2 Å². The Bertz CT molecular complexity index is 84.6. The van der Waals surface area contributed by atoms with E-state index < -0.39 is 12.4 Å². The summed E-state index contributed by atoms with van der Waals surface area (Å²) in [5.74, 6) is 0. The maximum atomic E-state index is 9.59. The summed E-state index contributed by atoms with van der Waals surface area (Å²) in [6.45, 7) is 1.62. The van der Waals surface area contributed by atoms with Crippen molar-refractivity contribution in [3.8, 4) is 0 Å². The van der Waals surface area contributed by atoms with E-state index in [0.717, 1.165) is 0 Å². The molecule has 0 rings (SSSR count). The molecule has 5 heteroatoms. The molecule has 0 heterocycles. The van der Waals surface area contributed by atoms with E-state index in [1.54, 1.807) is 6.92 Å². The number of ether oxygens (including phenoxy) is 1. The van der Waals surface area contributed by atoms with Crippen molar-refractivity contribution in [3.63, 3.8) is 0 Å². The third-order valence-corrected chi connectivity index (χ3v) is 0.586. The van der Waals surface area contributed by atoms with Gasteiger partial charge in [-0.25, -0.2) is 4.79 Å². The minimum absolute atomic E-state index is 0. The predicted molar refractivity (Wildman–Crippen MR) is 34.0 cm³/mol. The molecule has 0 aliphatic heterocycles. The van der Waals surface area contributed by atoms with Gasteiger partial charge in [-0.05, 0) is 0 Å². The summed E-state index contributed by atoms with van der Waals surface area (Å²) in [6.07, 6.45) is -2.33. The van der Waals surface area contributed by atoms with Gasteiger partial charge in [-0.1, -0.05) is 6.92 Å². The summed E-state index contributed by atoms with van der Waals surface area (Å²) >= 11 is 0. The first-order valence-electron chi connectivity index (χ1n) is 2.24. The van der Waals surface area contributed by atoms with Crippen molar-refractivity contribution < 1.29 is 19.7 Å². The van der Waals surface area contributed by atoms with Gasteiger partial charge in [0.1, 0.15) is 0 Å². The first kappa shape index (κ1) is 12.2. The number of aliphatic hydroxyl groups is 1. The van der Waals surface area contributed by atoms with E-state index in [0.29, 0.717) is 0 Å². The summed E-state index contributed by atoms with van der Waals surface area (Å²) in [4.78, 5) is 9.59. The van der Waals surface area contributed by atoms with Gasteiger partial charge in [0.2, 0.25) is 6.29 Å². The van der Waals surface area contributed by atoms with Gasteiger partial charge >= 0.3 is 43.9 Å². The zero-order chi connectivity index (χ0) is 6.57. The van der Waals surface area contributed by atoms with Gasteiger partial charge in [0.25, 0.3) is 0 Å². The Kier molecular flexibility index (Phi) is 8.95. The topological polar surface area (TPSA) is 66.8 Å². The molecule has 0 fully saturated rings. The van der Waals surface area contributed by atoms with E-state index in [4.69, 9.17) is 10.2 Å². The molecule has 2 N–H and O–H groups in total. The molecule has 0 spiro atoms. The number of hydrogen-bond donors (Lipinski definition) is 2. The number of carboxylic acid groups (broad SMARTS) is 1. The Morgan fingerprint density at radius 3 is 2.33 bits per heavy atom. The SMILES string of the molecule is CCC(O)OC(=O)O.[CaH2]. The van der Waals surface area contributed by atoms with Crippen LogP contribution in [0.15, 0.2) is 0 Å². The fraction of sp³-hybridized carbons (Fsp3) is 0.750. The van der Waals surface area contributed by atoms with Crippen molar-refractivity contribution in [1.29, 1.82) is 0 Å². The zero-order valence-electron chi connectivity index (χ0n) is 4.50. The second-order valence-electron chi connectivity index (χ2n) is 1.25. The van der Waals surface area contributed by atoms with Gasteiger partial charge in [-0.3, -0.25) is 0 Å². The van der Waals surface area contributed by atoms with Crippen LogP contribution in [0.5, 0.6) is 0 Å². The second-order valence-corrected chi connectivity index (χ2v) is 1.25. The van der Waals surface area contributed by atoms with Crippen LogP contribution in [-0.2, 0) is 4.74 Å². The standard InChI is InChI=1S/C4H8O4.Ca.2H/c1-2-3(5)8-4(6)7;;;/h3,5H,2H2,1H3,(H,6,7);;;. The Labute approximate surface area is 82.8 Å². The van der Waals surface area contributed by atoms with Crippen molar-refractivity contribution >= 4 is 43.9 Å². The van der Waals surface area contributed by atoms with Gasteiger partial charge in [-0.15, -0.1) is 0 Å². The Morgan fingerprint density at radius 1 is 1.78 bits per heavy atom. The van der Waals surface area contributed by atoms with Crippen molar-refractivity contribution in [1.82, 2.24) is 0 Å². The molecule has 0 aromatic carbocycles. The van der Waals surface area contributed by atoms with Crippen LogP contribution >= 0.6 is 0 Å². The quantitative estimate of drug-likeness (QED) is 0.326. The summed E-state index contributed by atoms with van der Waals surface area (Å²) in [5.41, 5.74) is 0. The van der Waals surface area contributed by atoms with Gasteiger partial charge in [0.05, 0.1) is 0 Å². The Hall–Kier alpha value is 0.490. The molecule has 0 amide bonds. The summed E-state index contributed by atoms with van der Waals surface area (Å²) in [5, 5.41) is 16.3. The summed E-state index contributed by atoms with van der Waals surface area (Å²) < 4.78 is 3.87. The van der Waals surface area contributed by atoms with Crippen LogP contribution in [0.1, 0.15) is 13.3 Å². The van der Waals surface area contributed by atoms with E-state index in [2.05, 4.69) is 4.74 Å². The predicted octanol–water partition coefficient (Wildman–Crippen LogP) is -0.507. The van der Waals surface area contributed by atoms with Crippen LogP contribution in [0.25, 0.3) is 0 Å². The van der Waals surface area contributed by atoms with Crippen LogP contribution in [-0.4, -0.2) is 60.4 Å². The Balaban J connectivity index is 0. The van der Waals surface area contributed by atoms with Crippen molar-refractivity contribution in [2.75, 3.05) is 0 Å². The van der Waals surface area contributed by atoms with Crippen LogP contribution in [0.2, 0.25) is 0 Å². The first-order chi connectivity index (χ1) is 3.66. The molecule has 0 aliphatic carbocycles. The van der Waals surface area contributed by atoms with E-state index in [1.807, 2.05) is 0 Å². The molecule has 0 saturated heterocycles. The molecular formula is C4H10CaO4. The average molecular weight is 162 g/mol. The molecule has 1 unspecified atom stereocenters. The molecule has 1 atom stereocenters. The Morgan fingerprint density at radius 2 is 2.22 bits per heavy atom. The molecular weight excluding hydrogens is 152 g/mol. The second kappa shape index (κ2) is 6.61. The van der Waals surface area contributed by atoms with Gasteiger partial charge in [0, 0.05) is 6.42 Å². The molecule has 0 aliphatic rings. The molecule has 4 nitrogen and oxygen atoms in total. The molecule has 0 radical (unpaired) electrons. The van der Waals surface area contributed by atoms with Crippen LogP contribution in [0, 0.1) is 0 Å². The van der Waals surface area contributed by atoms with E-state index >= 15 is 0 Å². The fourth-order valence-corrected chi connectivity index (χ4v) is 0.200. The molecule has 9 heavy (non-hydrogen) atoms. The molecule has 0 aromatic heterocycles. The first-order valence-corrected chi connectivity index (χ1v) is 2.24. The van der Waals surface area contributed by atoms with Crippen LogP contribution in [0.3, 0.4) is 0 Å². The summed E-state index contributed by atoms with van der Waals surface area (Å²) in [6, 6.07) is 0. The zero-order valence-corrected chi connectivity index (χ0v) is 4.50. The molecule has 52 valence electrons. The van der Waals surface area contributed by atoms with E-state index in [1.165, 1.54) is 0 Å². The van der Waals surface area contributed by atoms with Crippen LogP contribution in [0.4, 0.5) is 4.79 Å². The number of rotatable bonds is 2. The number of carbonyl (C=O) groups is 1. The normalized spacial score (nSPS) is 11.3. The van der Waals surface area contributed by atoms with Gasteiger partial charge in [0.15, 0.2) is 0 Å². The monoisotopic (exact) mass is 162 g/mol. The van der Waals surface area contributed by atoms with Crippen molar-refractivity contribution in [3.05, 3.63) is 0 Å². The van der Waals surface area contributed by atoms with Crippen molar-refractivity contribution in [2.24, 2.45) is 0 Å². The third kappa shape index (κ3) is 8.49. The molecule has 0 saturated carbocycles. The third-order valence-electron chi connectivity index (χ3n) is 0.586. The van der Waals surface area contributed by atoms with E-state index in [9.17, 15) is 4.79 Å². The van der Waals surface area contributed by atoms with Gasteiger partial charge in [-0.2, -0.15) is 0 Å². The fourth-order valence-electron chi connectivity index (χ4n) is 0.200. The van der Waals surface area contributed by atoms with Crippen molar-refractivity contribution in [2.45, 2.75) is 19.6 Å². The number of hydrogen-bond acceptors (Lipinski definition) is 3. The molecule has 0 bridgehead atoms. The molecule has 0 aromatic rings. The maximum absolute atomic E-state index is 9.59. The average Bonchev–Trinajstić information content (AvgIpc) is 1.65.